The van der Waals surface area contributed by atoms with Gasteiger partial charge in [-0.2, -0.15) is 0 Å². The topological polar surface area (TPSA) is 89.5 Å². The van der Waals surface area contributed by atoms with Crippen LogP contribution in [0.2, 0.25) is 0 Å². The van der Waals surface area contributed by atoms with E-state index in [0.717, 1.165) is 0 Å². The Bertz CT molecular complexity index is 652. The molecule has 116 valence electrons. The summed E-state index contributed by atoms with van der Waals surface area (Å²) in [5.74, 6) is -1.98. The molecule has 1 aromatic carbocycles. The zero-order valence-electron chi connectivity index (χ0n) is 13.1. The number of carboxylic acids is 1. The van der Waals surface area contributed by atoms with Crippen molar-refractivity contribution in [3.63, 3.8) is 0 Å². The molecule has 3 atom stereocenters. The Morgan fingerprint density at radius 3 is 2.43 bits per heavy atom. The second-order valence-corrected chi connectivity index (χ2v) is 7.67. The van der Waals surface area contributed by atoms with E-state index in [2.05, 4.69) is 5.32 Å². The molecule has 2 aliphatic rings. The van der Waals surface area contributed by atoms with Crippen molar-refractivity contribution in [1.29, 1.82) is 0 Å². The molecule has 1 N–H and O–H groups in total. The monoisotopic (exact) mass is 342 g/mol. The van der Waals surface area contributed by atoms with Gasteiger partial charge in [0.2, 0.25) is 5.91 Å². The molecule has 2 saturated heterocycles. The van der Waals surface area contributed by atoms with Crippen LogP contribution in [0.4, 0.5) is 0 Å². The van der Waals surface area contributed by atoms with Crippen molar-refractivity contribution in [3.8, 4) is 0 Å². The molecule has 2 aliphatic heterocycles. The van der Waals surface area contributed by atoms with Crippen LogP contribution in [0.15, 0.2) is 30.3 Å². The van der Waals surface area contributed by atoms with Gasteiger partial charge in [0.25, 0.3) is 5.91 Å². The maximum Gasteiger partial charge on any atom is 1.00 e. The summed E-state index contributed by atoms with van der Waals surface area (Å²) in [6.45, 7) is 3.53. The molecule has 0 radical (unpaired) electrons. The molecule has 8 heteroatoms. The molecule has 2 amide bonds. The molecular weight excluding hydrogens is 327 g/mol. The first kappa shape index (κ1) is 18.3. The number of β-lactam (4-membered cyclic amide) rings is 1. The van der Waals surface area contributed by atoms with Gasteiger partial charge in [0.15, 0.2) is 0 Å². The molecule has 3 rings (SSSR count). The number of carbonyl (C=O) groups is 3. The van der Waals surface area contributed by atoms with Crippen LogP contribution in [0.3, 0.4) is 0 Å². The van der Waals surface area contributed by atoms with Crippen LogP contribution in [0.1, 0.15) is 24.2 Å². The van der Waals surface area contributed by atoms with E-state index in [1.165, 1.54) is 16.7 Å². The van der Waals surface area contributed by atoms with Crippen LogP contribution < -0.4 is 40.0 Å². The summed E-state index contributed by atoms with van der Waals surface area (Å²) in [5.41, 5.74) is 0.465. The molecular formula is C15H15N2NaO4S. The number of hydrogen-bond acceptors (Lipinski definition) is 5. The summed E-state index contributed by atoms with van der Waals surface area (Å²) in [6.07, 6.45) is 0. The van der Waals surface area contributed by atoms with Gasteiger partial charge in [0.05, 0.1) is 12.0 Å². The van der Waals surface area contributed by atoms with E-state index in [0.29, 0.717) is 5.56 Å². The number of rotatable bonds is 3. The summed E-state index contributed by atoms with van der Waals surface area (Å²) >= 11 is 1.37. The van der Waals surface area contributed by atoms with Crippen LogP contribution >= 0.6 is 11.8 Å². The van der Waals surface area contributed by atoms with E-state index in [-0.39, 0.29) is 46.7 Å². The van der Waals surface area contributed by atoms with Gasteiger partial charge < -0.3 is 20.1 Å². The first-order chi connectivity index (χ1) is 10.3. The maximum absolute atomic E-state index is 12.2. The largest absolute Gasteiger partial charge is 1.00 e. The molecule has 0 aromatic heterocycles. The van der Waals surface area contributed by atoms with Crippen LogP contribution in [-0.4, -0.2) is 44.9 Å². The van der Waals surface area contributed by atoms with Gasteiger partial charge in [-0.1, -0.05) is 18.2 Å². The van der Waals surface area contributed by atoms with E-state index >= 15 is 0 Å². The van der Waals surface area contributed by atoms with Gasteiger partial charge >= 0.3 is 29.6 Å². The van der Waals surface area contributed by atoms with Gasteiger partial charge in [-0.3, -0.25) is 9.59 Å². The maximum atomic E-state index is 12.2. The number of aliphatic carboxylic acids is 1. The number of benzene rings is 1. The number of carboxylic acid groups (broad SMARTS) is 1. The summed E-state index contributed by atoms with van der Waals surface area (Å²) in [6, 6.07) is 6.93. The molecule has 6 nitrogen and oxygen atoms in total. The van der Waals surface area contributed by atoms with Crippen molar-refractivity contribution in [2.24, 2.45) is 0 Å². The van der Waals surface area contributed by atoms with Crippen molar-refractivity contribution in [1.82, 2.24) is 10.2 Å². The standard InChI is InChI=1S/C15H16N2O4S.Na/c1-15(2)10(14(20)21)17-12(19)9(13(17)22-15)16-11(18)8-6-4-3-5-7-8;/h3-7,9-10,13H,1-2H3,(H,16,18)(H,20,21);/q;+1/p-1/t9?,10-,13+;/m0./s1. The summed E-state index contributed by atoms with van der Waals surface area (Å²) < 4.78 is -0.647. The second kappa shape index (κ2) is 6.47. The summed E-state index contributed by atoms with van der Waals surface area (Å²) in [5, 5.41) is 13.6. The zero-order chi connectivity index (χ0) is 16.1. The molecule has 0 bridgehead atoms. The fourth-order valence-electron chi connectivity index (χ4n) is 2.94. The number of nitrogens with zero attached hydrogens (tertiary/aromatic N) is 1. The molecule has 23 heavy (non-hydrogen) atoms. The van der Waals surface area contributed by atoms with Crippen molar-refractivity contribution in [3.05, 3.63) is 35.9 Å². The number of fused-ring (bicyclic) bond motifs is 1. The van der Waals surface area contributed by atoms with E-state index < -0.39 is 22.8 Å². The molecule has 0 saturated carbocycles. The Labute approximate surface area is 160 Å². The Balaban J connectivity index is 0.00000192. The Morgan fingerprint density at radius 2 is 1.87 bits per heavy atom. The van der Waals surface area contributed by atoms with Gasteiger partial charge in [0.1, 0.15) is 11.4 Å². The summed E-state index contributed by atoms with van der Waals surface area (Å²) in [7, 11) is 0. The van der Waals surface area contributed by atoms with Crippen molar-refractivity contribution in [2.45, 2.75) is 36.1 Å². The molecule has 2 fully saturated rings. The number of thioether (sulfide) groups is 1. The average molecular weight is 342 g/mol. The SMILES string of the molecule is CC1(C)S[C@@H]2C(NC(=O)c3ccccc3)C(=O)N2[C@H]1C(=O)[O-].[Na+]. The van der Waals surface area contributed by atoms with Crippen molar-refractivity contribution >= 4 is 29.5 Å². The first-order valence-corrected chi connectivity index (χ1v) is 7.77. The third kappa shape index (κ3) is 3.03. The zero-order valence-corrected chi connectivity index (χ0v) is 15.9. The number of amides is 2. The first-order valence-electron chi connectivity index (χ1n) is 6.90. The quantitative estimate of drug-likeness (QED) is 0.457. The Hall–Kier alpha value is -1.02. The minimum Gasteiger partial charge on any atom is -0.548 e. The third-order valence-electron chi connectivity index (χ3n) is 3.99. The summed E-state index contributed by atoms with van der Waals surface area (Å²) in [4.78, 5) is 37.0. The Morgan fingerprint density at radius 1 is 1.26 bits per heavy atom. The second-order valence-electron chi connectivity index (χ2n) is 5.90. The Kier molecular flexibility index (Phi) is 5.15. The van der Waals surface area contributed by atoms with E-state index in [1.54, 1.807) is 44.2 Å². The van der Waals surface area contributed by atoms with Crippen LogP contribution in [0.25, 0.3) is 0 Å². The van der Waals surface area contributed by atoms with Gasteiger partial charge in [-0.05, 0) is 26.0 Å². The van der Waals surface area contributed by atoms with Gasteiger partial charge in [-0.25, -0.2) is 0 Å². The van der Waals surface area contributed by atoms with Crippen LogP contribution in [0, 0.1) is 0 Å². The predicted octanol–water partition coefficient (Wildman–Crippen LogP) is -3.40. The number of nitrogens with one attached hydrogen (secondary N) is 1. The van der Waals surface area contributed by atoms with E-state index in [1.807, 2.05) is 0 Å². The predicted molar refractivity (Wildman–Crippen MR) is 78.8 cm³/mol. The van der Waals surface area contributed by atoms with Gasteiger partial charge in [0, 0.05) is 10.3 Å². The van der Waals surface area contributed by atoms with Crippen molar-refractivity contribution < 1.29 is 49.0 Å². The minimum atomic E-state index is -1.26. The molecule has 1 aromatic rings. The fraction of sp³-hybridized carbons (Fsp3) is 0.400. The molecule has 2 heterocycles. The van der Waals surface area contributed by atoms with Crippen LogP contribution in [-0.2, 0) is 9.59 Å². The van der Waals surface area contributed by atoms with E-state index in [9.17, 15) is 19.5 Å². The van der Waals surface area contributed by atoms with Gasteiger partial charge in [-0.15, -0.1) is 11.8 Å². The fourth-order valence-corrected chi connectivity index (χ4v) is 4.56. The molecule has 0 aliphatic carbocycles. The number of carbonyl (C=O) groups excluding carboxylic acids is 3. The average Bonchev–Trinajstić information content (AvgIpc) is 2.74. The van der Waals surface area contributed by atoms with Crippen LogP contribution in [0.5, 0.6) is 0 Å². The minimum absolute atomic E-state index is 0. The number of hydrogen-bond donors (Lipinski definition) is 1. The molecule has 0 spiro atoms. The third-order valence-corrected chi connectivity index (χ3v) is 5.56. The molecule has 1 unspecified atom stereocenters. The van der Waals surface area contributed by atoms with E-state index in [4.69, 9.17) is 0 Å². The normalized spacial score (nSPS) is 27.5. The smallest absolute Gasteiger partial charge is 0.548 e. The van der Waals surface area contributed by atoms with Crippen molar-refractivity contribution in [2.75, 3.05) is 0 Å².